The Hall–Kier alpha value is -3.02. The van der Waals surface area contributed by atoms with Gasteiger partial charge in [-0.25, -0.2) is 5.43 Å². The summed E-state index contributed by atoms with van der Waals surface area (Å²) in [6, 6.07) is 13.1. The molecule has 1 aliphatic rings. The third-order valence-electron chi connectivity index (χ3n) is 4.59. The van der Waals surface area contributed by atoms with Crippen LogP contribution < -0.4 is 5.43 Å². The summed E-state index contributed by atoms with van der Waals surface area (Å²) in [4.78, 5) is 30.8. The molecule has 0 radical (unpaired) electrons. The zero-order chi connectivity index (χ0) is 18.4. The monoisotopic (exact) mass is 350 g/mol. The normalized spacial score (nSPS) is 15.2. The molecule has 26 heavy (non-hydrogen) atoms. The average molecular weight is 350 g/mol. The van der Waals surface area contributed by atoms with Gasteiger partial charge in [0.1, 0.15) is 0 Å². The molecule has 1 aromatic carbocycles. The van der Waals surface area contributed by atoms with Gasteiger partial charge in [-0.05, 0) is 43.5 Å². The van der Waals surface area contributed by atoms with Crippen LogP contribution in [0.5, 0.6) is 0 Å². The van der Waals surface area contributed by atoms with Crippen LogP contribution in [0.3, 0.4) is 0 Å². The van der Waals surface area contributed by atoms with Crippen molar-refractivity contribution >= 4 is 18.0 Å². The van der Waals surface area contributed by atoms with Gasteiger partial charge in [-0.3, -0.25) is 14.6 Å². The van der Waals surface area contributed by atoms with Gasteiger partial charge in [-0.15, -0.1) is 0 Å². The standard InChI is InChI=1S/C20H22N4O2/c1-15-6-2-3-8-18(15)20(26)24-12-9-16(10-13-24)19(25)23-22-14-17-7-4-5-11-21-17/h2-8,11,14,16H,9-10,12-13H2,1H3,(H,23,25)/b22-14-. The molecule has 0 spiro atoms. The lowest BCUT2D eigenvalue weighted by atomic mass is 9.95. The molecule has 1 aromatic heterocycles. The van der Waals surface area contributed by atoms with Crippen molar-refractivity contribution in [1.82, 2.24) is 15.3 Å². The molecular weight excluding hydrogens is 328 g/mol. The Morgan fingerprint density at radius 2 is 1.88 bits per heavy atom. The number of carbonyl (C=O) groups excluding carboxylic acids is 2. The first-order valence-electron chi connectivity index (χ1n) is 8.74. The van der Waals surface area contributed by atoms with Gasteiger partial charge in [0.2, 0.25) is 5.91 Å². The number of rotatable bonds is 4. The number of pyridine rings is 1. The van der Waals surface area contributed by atoms with Gasteiger partial charge in [-0.1, -0.05) is 24.3 Å². The van der Waals surface area contributed by atoms with Crippen molar-refractivity contribution in [2.75, 3.05) is 13.1 Å². The third kappa shape index (κ3) is 4.33. The maximum absolute atomic E-state index is 12.6. The van der Waals surface area contributed by atoms with E-state index in [1.165, 1.54) is 6.21 Å². The van der Waals surface area contributed by atoms with E-state index in [1.807, 2.05) is 54.3 Å². The number of nitrogens with one attached hydrogen (secondary N) is 1. The quantitative estimate of drug-likeness (QED) is 0.680. The van der Waals surface area contributed by atoms with Crippen LogP contribution in [0, 0.1) is 12.8 Å². The topological polar surface area (TPSA) is 74.7 Å². The van der Waals surface area contributed by atoms with Crippen LogP contribution in [0.2, 0.25) is 0 Å². The summed E-state index contributed by atoms with van der Waals surface area (Å²) >= 11 is 0. The van der Waals surface area contributed by atoms with Gasteiger partial charge in [0.05, 0.1) is 11.9 Å². The highest BCUT2D eigenvalue weighted by atomic mass is 16.2. The second kappa shape index (κ2) is 8.38. The lowest BCUT2D eigenvalue weighted by Gasteiger charge is -2.31. The molecule has 2 amide bonds. The van der Waals surface area contributed by atoms with Gasteiger partial charge < -0.3 is 4.90 Å². The van der Waals surface area contributed by atoms with Gasteiger partial charge in [0.15, 0.2) is 0 Å². The first-order valence-corrected chi connectivity index (χ1v) is 8.74. The summed E-state index contributed by atoms with van der Waals surface area (Å²) in [5.41, 5.74) is 4.96. The molecule has 1 saturated heterocycles. The minimum absolute atomic E-state index is 0.0372. The van der Waals surface area contributed by atoms with Gasteiger partial charge in [0.25, 0.3) is 5.91 Å². The summed E-state index contributed by atoms with van der Waals surface area (Å²) in [6.07, 6.45) is 4.48. The number of amides is 2. The van der Waals surface area contributed by atoms with E-state index in [-0.39, 0.29) is 17.7 Å². The van der Waals surface area contributed by atoms with Crippen LogP contribution in [-0.2, 0) is 4.79 Å². The van der Waals surface area contributed by atoms with E-state index in [2.05, 4.69) is 15.5 Å². The Morgan fingerprint density at radius 3 is 2.58 bits per heavy atom. The third-order valence-corrected chi connectivity index (χ3v) is 4.59. The summed E-state index contributed by atoms with van der Waals surface area (Å²) in [6.45, 7) is 3.09. The van der Waals surface area contributed by atoms with Crippen LogP contribution in [-0.4, -0.2) is 41.0 Å². The highest BCUT2D eigenvalue weighted by Gasteiger charge is 2.28. The fourth-order valence-electron chi connectivity index (χ4n) is 3.03. The minimum atomic E-state index is -0.128. The van der Waals surface area contributed by atoms with E-state index in [0.717, 1.165) is 11.1 Å². The zero-order valence-corrected chi connectivity index (χ0v) is 14.8. The maximum Gasteiger partial charge on any atom is 0.254 e. The van der Waals surface area contributed by atoms with Crippen molar-refractivity contribution in [3.8, 4) is 0 Å². The molecule has 0 aliphatic carbocycles. The molecule has 1 aliphatic heterocycles. The Bertz CT molecular complexity index is 796. The van der Waals surface area contributed by atoms with Crippen molar-refractivity contribution in [3.63, 3.8) is 0 Å². The fourth-order valence-corrected chi connectivity index (χ4v) is 3.03. The maximum atomic E-state index is 12.6. The van der Waals surface area contributed by atoms with Crippen LogP contribution in [0.15, 0.2) is 53.8 Å². The molecule has 134 valence electrons. The molecule has 6 nitrogen and oxygen atoms in total. The van der Waals surface area contributed by atoms with Gasteiger partial charge >= 0.3 is 0 Å². The minimum Gasteiger partial charge on any atom is -0.339 e. The number of hydrogen-bond donors (Lipinski definition) is 1. The Labute approximate surface area is 152 Å². The summed E-state index contributed by atoms with van der Waals surface area (Å²) in [5.74, 6) is -0.202. The first-order chi connectivity index (χ1) is 12.6. The van der Waals surface area contributed by atoms with E-state index >= 15 is 0 Å². The number of piperidine rings is 1. The second-order valence-corrected chi connectivity index (χ2v) is 6.37. The number of likely N-dealkylation sites (tertiary alicyclic amines) is 1. The number of benzene rings is 1. The van der Waals surface area contributed by atoms with Crippen molar-refractivity contribution in [2.45, 2.75) is 19.8 Å². The average Bonchev–Trinajstić information content (AvgIpc) is 2.69. The predicted octanol–water partition coefficient (Wildman–Crippen LogP) is 2.39. The van der Waals surface area contributed by atoms with Crippen LogP contribution in [0.4, 0.5) is 0 Å². The van der Waals surface area contributed by atoms with E-state index in [1.54, 1.807) is 6.20 Å². The second-order valence-electron chi connectivity index (χ2n) is 6.37. The number of carbonyl (C=O) groups is 2. The molecule has 0 bridgehead atoms. The molecule has 0 atom stereocenters. The summed E-state index contributed by atoms with van der Waals surface area (Å²) in [5, 5.41) is 3.96. The van der Waals surface area contributed by atoms with Crippen molar-refractivity contribution in [1.29, 1.82) is 0 Å². The number of aromatic nitrogens is 1. The Balaban J connectivity index is 1.50. The Morgan fingerprint density at radius 1 is 1.15 bits per heavy atom. The number of nitrogens with zero attached hydrogens (tertiary/aromatic N) is 3. The highest BCUT2D eigenvalue weighted by Crippen LogP contribution is 2.20. The SMILES string of the molecule is Cc1ccccc1C(=O)N1CCC(C(=O)N/N=C\c2ccccn2)CC1. The lowest BCUT2D eigenvalue weighted by Crippen LogP contribution is -2.42. The molecule has 1 fully saturated rings. The van der Waals surface area contributed by atoms with E-state index < -0.39 is 0 Å². The van der Waals surface area contributed by atoms with E-state index in [4.69, 9.17) is 0 Å². The highest BCUT2D eigenvalue weighted by molar-refractivity contribution is 5.95. The number of aryl methyl sites for hydroxylation is 1. The molecule has 2 aromatic rings. The number of hydrazone groups is 1. The van der Waals surface area contributed by atoms with Crippen LogP contribution in [0.1, 0.15) is 34.5 Å². The summed E-state index contributed by atoms with van der Waals surface area (Å²) < 4.78 is 0. The first kappa shape index (κ1) is 17.8. The van der Waals surface area contributed by atoms with Gasteiger partial charge in [-0.2, -0.15) is 5.10 Å². The smallest absolute Gasteiger partial charge is 0.254 e. The largest absolute Gasteiger partial charge is 0.339 e. The molecule has 0 unspecified atom stereocenters. The van der Waals surface area contributed by atoms with Crippen molar-refractivity contribution in [2.24, 2.45) is 11.0 Å². The van der Waals surface area contributed by atoms with E-state index in [0.29, 0.717) is 31.6 Å². The van der Waals surface area contributed by atoms with Crippen LogP contribution in [0.25, 0.3) is 0 Å². The molecule has 0 saturated carbocycles. The van der Waals surface area contributed by atoms with E-state index in [9.17, 15) is 9.59 Å². The van der Waals surface area contributed by atoms with Crippen molar-refractivity contribution < 1.29 is 9.59 Å². The zero-order valence-electron chi connectivity index (χ0n) is 14.8. The molecule has 2 heterocycles. The predicted molar refractivity (Wildman–Crippen MR) is 99.8 cm³/mol. The fraction of sp³-hybridized carbons (Fsp3) is 0.300. The Kier molecular flexibility index (Phi) is 5.73. The van der Waals surface area contributed by atoms with Crippen molar-refractivity contribution in [3.05, 3.63) is 65.5 Å². The number of hydrogen-bond acceptors (Lipinski definition) is 4. The summed E-state index contributed by atoms with van der Waals surface area (Å²) in [7, 11) is 0. The molecular formula is C20H22N4O2. The van der Waals surface area contributed by atoms with Gasteiger partial charge in [0, 0.05) is 30.8 Å². The molecule has 6 heteroatoms. The molecule has 1 N–H and O–H groups in total. The van der Waals surface area contributed by atoms with Crippen LogP contribution >= 0.6 is 0 Å². The lowest BCUT2D eigenvalue weighted by molar-refractivity contribution is -0.126. The molecule has 3 rings (SSSR count).